The smallest absolute Gasteiger partial charge is 0.259 e. The van der Waals surface area contributed by atoms with E-state index in [-0.39, 0.29) is 11.9 Å². The molecule has 0 unspecified atom stereocenters. The van der Waals surface area contributed by atoms with Crippen molar-refractivity contribution in [3.05, 3.63) is 77.4 Å². The van der Waals surface area contributed by atoms with Crippen LogP contribution in [0.25, 0.3) is 22.5 Å². The first-order chi connectivity index (χ1) is 15.7. The first kappa shape index (κ1) is 20.3. The van der Waals surface area contributed by atoms with Crippen molar-refractivity contribution in [3.8, 4) is 22.5 Å². The number of pyridine rings is 1. The van der Waals surface area contributed by atoms with Crippen LogP contribution in [0, 0.1) is 0 Å². The number of rotatable bonds is 5. The van der Waals surface area contributed by atoms with Crippen molar-refractivity contribution in [1.82, 2.24) is 30.9 Å². The molecular weight excluding hydrogens is 426 g/mol. The highest BCUT2D eigenvalue weighted by Gasteiger charge is 2.31. The fourth-order valence-corrected chi connectivity index (χ4v) is 4.20. The molecule has 1 fully saturated rings. The quantitative estimate of drug-likeness (QED) is 0.487. The van der Waals surface area contributed by atoms with Gasteiger partial charge in [0.1, 0.15) is 0 Å². The highest BCUT2D eigenvalue weighted by atomic mass is 35.5. The molecule has 2 aromatic carbocycles. The minimum atomic E-state index is -0.127. The summed E-state index contributed by atoms with van der Waals surface area (Å²) in [6.45, 7) is 1.56. The lowest BCUT2D eigenvalue weighted by Crippen LogP contribution is -2.42. The zero-order valence-electron chi connectivity index (χ0n) is 17.1. The third-order valence-electron chi connectivity index (χ3n) is 5.54. The molecule has 1 saturated heterocycles. The number of amides is 1. The maximum absolute atomic E-state index is 13.6. The topological polar surface area (TPSA) is 99.7 Å². The Labute approximate surface area is 189 Å². The Morgan fingerprint density at radius 1 is 1.03 bits per heavy atom. The van der Waals surface area contributed by atoms with E-state index in [9.17, 15) is 4.79 Å². The van der Waals surface area contributed by atoms with Crippen molar-refractivity contribution in [3.63, 3.8) is 0 Å². The van der Waals surface area contributed by atoms with Crippen molar-refractivity contribution in [2.75, 3.05) is 18.0 Å². The van der Waals surface area contributed by atoms with E-state index < -0.39 is 0 Å². The van der Waals surface area contributed by atoms with E-state index >= 15 is 0 Å². The Kier molecular flexibility index (Phi) is 5.62. The summed E-state index contributed by atoms with van der Waals surface area (Å²) in [6, 6.07) is 18.8. The molecule has 0 radical (unpaired) electrons. The van der Waals surface area contributed by atoms with Crippen LogP contribution in [0.3, 0.4) is 0 Å². The van der Waals surface area contributed by atoms with E-state index in [0.717, 1.165) is 29.7 Å². The lowest BCUT2D eigenvalue weighted by atomic mass is 9.98. The number of carbonyl (C=O) groups is 1. The van der Waals surface area contributed by atoms with Crippen LogP contribution in [0.15, 0.2) is 66.9 Å². The Morgan fingerprint density at radius 3 is 2.53 bits per heavy atom. The summed E-state index contributed by atoms with van der Waals surface area (Å²) < 4.78 is 0. The van der Waals surface area contributed by atoms with Crippen molar-refractivity contribution >= 4 is 23.3 Å². The van der Waals surface area contributed by atoms with Crippen LogP contribution in [-0.2, 0) is 0 Å². The fraction of sp³-hybridized carbons (Fsp3) is 0.174. The Balaban J connectivity index is 1.48. The number of aromatic nitrogens is 5. The second-order valence-electron chi connectivity index (χ2n) is 7.49. The molecule has 160 valence electrons. The molecule has 0 aliphatic carbocycles. The second kappa shape index (κ2) is 8.86. The van der Waals surface area contributed by atoms with Gasteiger partial charge in [0.25, 0.3) is 5.91 Å². The van der Waals surface area contributed by atoms with Gasteiger partial charge in [-0.1, -0.05) is 48.0 Å². The molecule has 1 aliphatic rings. The number of hydrogen-bond donors (Lipinski definition) is 2. The van der Waals surface area contributed by atoms with Crippen LogP contribution >= 0.6 is 11.6 Å². The van der Waals surface area contributed by atoms with Crippen molar-refractivity contribution in [1.29, 1.82) is 0 Å². The molecule has 1 amide bonds. The lowest BCUT2D eigenvalue weighted by Gasteiger charge is -2.28. The fourth-order valence-electron chi connectivity index (χ4n) is 3.99. The number of nitrogens with one attached hydrogen (secondary N) is 2. The predicted molar refractivity (Wildman–Crippen MR) is 122 cm³/mol. The Hall–Kier alpha value is -3.62. The second-order valence-corrected chi connectivity index (χ2v) is 7.90. The molecular formula is C23H20ClN7O. The van der Waals surface area contributed by atoms with E-state index in [4.69, 9.17) is 11.6 Å². The number of tetrazole rings is 1. The number of anilines is 1. The lowest BCUT2D eigenvalue weighted by molar-refractivity contribution is 0.0977. The SMILES string of the molecule is O=C(c1ccc(-c2ccccc2-c2nn[nH]n2)cc1)N(c1ncccc1Cl)[C@@H]1CCNC1. The van der Waals surface area contributed by atoms with Crippen molar-refractivity contribution in [2.45, 2.75) is 12.5 Å². The molecule has 3 heterocycles. The first-order valence-corrected chi connectivity index (χ1v) is 10.7. The van der Waals surface area contributed by atoms with Gasteiger partial charge in [0.05, 0.1) is 11.1 Å². The number of hydrogen-bond acceptors (Lipinski definition) is 6. The highest BCUT2D eigenvalue weighted by Crippen LogP contribution is 2.31. The summed E-state index contributed by atoms with van der Waals surface area (Å²) in [4.78, 5) is 19.7. The molecule has 2 N–H and O–H groups in total. The predicted octanol–water partition coefficient (Wildman–Crippen LogP) is 3.59. The van der Waals surface area contributed by atoms with Crippen LogP contribution in [0.5, 0.6) is 0 Å². The molecule has 1 atom stereocenters. The number of nitrogens with zero attached hydrogens (tertiary/aromatic N) is 5. The Morgan fingerprint density at radius 2 is 1.84 bits per heavy atom. The molecule has 0 spiro atoms. The number of halogens is 1. The van der Waals surface area contributed by atoms with E-state index in [1.807, 2.05) is 48.5 Å². The van der Waals surface area contributed by atoms with Crippen LogP contribution < -0.4 is 10.2 Å². The van der Waals surface area contributed by atoms with Crippen LogP contribution in [0.1, 0.15) is 16.8 Å². The molecule has 8 nitrogen and oxygen atoms in total. The van der Waals surface area contributed by atoms with Gasteiger partial charge in [0.2, 0.25) is 5.82 Å². The van der Waals surface area contributed by atoms with E-state index in [2.05, 4.69) is 30.9 Å². The number of carbonyl (C=O) groups excluding carboxylic acids is 1. The minimum absolute atomic E-state index is 0.00598. The summed E-state index contributed by atoms with van der Waals surface area (Å²) >= 11 is 6.40. The number of benzene rings is 2. The van der Waals surface area contributed by atoms with E-state index in [0.29, 0.717) is 28.8 Å². The van der Waals surface area contributed by atoms with Crippen LogP contribution in [0.2, 0.25) is 5.02 Å². The summed E-state index contributed by atoms with van der Waals surface area (Å²) in [6.07, 6.45) is 2.50. The molecule has 2 aromatic heterocycles. The van der Waals surface area contributed by atoms with E-state index in [1.165, 1.54) is 0 Å². The average molecular weight is 446 g/mol. The zero-order valence-corrected chi connectivity index (χ0v) is 17.8. The van der Waals surface area contributed by atoms with Crippen LogP contribution in [0.4, 0.5) is 5.82 Å². The molecule has 9 heteroatoms. The summed E-state index contributed by atoms with van der Waals surface area (Å²) in [5.41, 5.74) is 3.34. The van der Waals surface area contributed by atoms with Crippen molar-refractivity contribution < 1.29 is 4.79 Å². The van der Waals surface area contributed by atoms with Crippen LogP contribution in [-0.4, -0.2) is 50.6 Å². The standard InChI is InChI=1S/C23H20ClN7O/c24-20-6-3-12-26-22(20)31(17-11-13-25-14-17)23(32)16-9-7-15(8-10-16)18-4-1-2-5-19(18)21-27-29-30-28-21/h1-10,12,17,25H,11,13-14H2,(H,27,28,29,30)/t17-/m1/s1. The van der Waals surface area contributed by atoms with Gasteiger partial charge in [0, 0.05) is 23.9 Å². The molecule has 5 rings (SSSR count). The maximum Gasteiger partial charge on any atom is 0.259 e. The maximum atomic E-state index is 13.6. The summed E-state index contributed by atoms with van der Waals surface area (Å²) in [7, 11) is 0. The molecule has 0 saturated carbocycles. The molecule has 4 aromatic rings. The zero-order chi connectivity index (χ0) is 21.9. The van der Waals surface area contributed by atoms with Gasteiger partial charge in [0.15, 0.2) is 5.82 Å². The van der Waals surface area contributed by atoms with Gasteiger partial charge >= 0.3 is 0 Å². The first-order valence-electron chi connectivity index (χ1n) is 10.3. The molecule has 32 heavy (non-hydrogen) atoms. The van der Waals surface area contributed by atoms with Gasteiger partial charge in [-0.15, -0.1) is 10.2 Å². The summed E-state index contributed by atoms with van der Waals surface area (Å²) in [5, 5.41) is 18.1. The van der Waals surface area contributed by atoms with Gasteiger partial charge in [-0.2, -0.15) is 5.21 Å². The third-order valence-corrected chi connectivity index (χ3v) is 5.84. The summed E-state index contributed by atoms with van der Waals surface area (Å²) in [5.74, 6) is 0.877. The van der Waals surface area contributed by atoms with E-state index in [1.54, 1.807) is 23.2 Å². The van der Waals surface area contributed by atoms with Gasteiger partial charge in [-0.25, -0.2) is 4.98 Å². The normalized spacial score (nSPS) is 15.6. The highest BCUT2D eigenvalue weighted by molar-refractivity contribution is 6.33. The van der Waals surface area contributed by atoms with Gasteiger partial charge < -0.3 is 5.32 Å². The monoisotopic (exact) mass is 445 g/mol. The average Bonchev–Trinajstić information content (AvgIpc) is 3.56. The Bertz CT molecular complexity index is 1220. The molecule has 1 aliphatic heterocycles. The third kappa shape index (κ3) is 3.86. The largest absolute Gasteiger partial charge is 0.315 e. The van der Waals surface area contributed by atoms with Gasteiger partial charge in [-0.3, -0.25) is 9.69 Å². The molecule has 0 bridgehead atoms. The van der Waals surface area contributed by atoms with Gasteiger partial charge in [-0.05, 0) is 53.6 Å². The van der Waals surface area contributed by atoms with Crippen molar-refractivity contribution in [2.24, 2.45) is 0 Å². The number of aromatic amines is 1. The minimum Gasteiger partial charge on any atom is -0.315 e. The number of H-pyrrole nitrogens is 1.